The first-order chi connectivity index (χ1) is 24.9. The summed E-state index contributed by atoms with van der Waals surface area (Å²) in [5.74, 6) is -1.42. The number of ether oxygens (including phenoxy) is 6. The summed E-state index contributed by atoms with van der Waals surface area (Å²) in [7, 11) is 1.57. The first kappa shape index (κ1) is 36.3. The van der Waals surface area contributed by atoms with Gasteiger partial charge in [-0.25, -0.2) is 4.39 Å². The maximum atomic E-state index is 14.8. The van der Waals surface area contributed by atoms with Crippen LogP contribution in [0.5, 0.6) is 5.75 Å². The molecule has 0 aromatic heterocycles. The molecule has 1 saturated heterocycles. The summed E-state index contributed by atoms with van der Waals surface area (Å²) in [6.07, 6.45) is -1.94. The Hall–Kier alpha value is -4.50. The van der Waals surface area contributed by atoms with Crippen LogP contribution in [-0.2, 0) is 55.7 Å². The molecule has 5 aromatic rings. The van der Waals surface area contributed by atoms with Crippen LogP contribution in [0.4, 0.5) is 4.39 Å². The van der Waals surface area contributed by atoms with Crippen LogP contribution >= 0.6 is 11.6 Å². The third-order valence-electron chi connectivity index (χ3n) is 8.84. The highest BCUT2D eigenvalue weighted by Gasteiger charge is 2.57. The SMILES string of the molecule is C=C1O[C@@](OC)(c2ccc(Cl)c(Cc3ccc(OCC)c(F)c3)c2)[C@H](OCc2ccccc2)[C@@H](OCc2ccccc2)[C@@H]1OCc1ccccc1. The molecular weight excluding hydrogens is 667 g/mol. The molecule has 1 aliphatic rings. The third kappa shape index (κ3) is 8.70. The molecule has 0 radical (unpaired) electrons. The Morgan fingerprint density at radius 2 is 1.31 bits per heavy atom. The minimum absolute atomic E-state index is 0.206. The van der Waals surface area contributed by atoms with Crippen LogP contribution in [0.3, 0.4) is 0 Å². The van der Waals surface area contributed by atoms with Gasteiger partial charge in [0.25, 0.3) is 5.79 Å². The second kappa shape index (κ2) is 17.1. The molecule has 51 heavy (non-hydrogen) atoms. The van der Waals surface area contributed by atoms with E-state index in [1.165, 1.54) is 6.07 Å². The summed E-state index contributed by atoms with van der Waals surface area (Å²) >= 11 is 6.78. The predicted octanol–water partition coefficient (Wildman–Crippen LogP) is 9.57. The van der Waals surface area contributed by atoms with E-state index in [1.54, 1.807) is 19.2 Å². The number of methoxy groups -OCH3 is 1. The summed E-state index contributed by atoms with van der Waals surface area (Å²) in [5.41, 5.74) is 5.04. The highest BCUT2D eigenvalue weighted by atomic mass is 35.5. The Kier molecular flexibility index (Phi) is 12.2. The highest BCUT2D eigenvalue weighted by Crippen LogP contribution is 2.45. The van der Waals surface area contributed by atoms with E-state index in [0.29, 0.717) is 36.0 Å². The van der Waals surface area contributed by atoms with Crippen molar-refractivity contribution in [3.63, 3.8) is 0 Å². The van der Waals surface area contributed by atoms with Crippen molar-refractivity contribution in [1.82, 2.24) is 0 Å². The van der Waals surface area contributed by atoms with Crippen LogP contribution in [0.2, 0.25) is 5.02 Å². The Morgan fingerprint density at radius 3 is 1.88 bits per heavy atom. The summed E-state index contributed by atoms with van der Waals surface area (Å²) in [6, 6.07) is 40.2. The first-order valence-corrected chi connectivity index (χ1v) is 17.4. The van der Waals surface area contributed by atoms with Crippen LogP contribution in [0.1, 0.15) is 40.3 Å². The number of halogens is 2. The molecule has 0 N–H and O–H groups in total. The van der Waals surface area contributed by atoms with E-state index in [2.05, 4.69) is 6.58 Å². The van der Waals surface area contributed by atoms with Gasteiger partial charge in [0.1, 0.15) is 18.0 Å². The molecule has 6 nitrogen and oxygen atoms in total. The average Bonchev–Trinajstić information content (AvgIpc) is 3.16. The Balaban J connectivity index is 1.39. The molecule has 1 fully saturated rings. The molecule has 0 bridgehead atoms. The van der Waals surface area contributed by atoms with Crippen molar-refractivity contribution in [3.8, 4) is 5.75 Å². The lowest BCUT2D eigenvalue weighted by molar-refractivity contribution is -0.338. The number of hydrogen-bond acceptors (Lipinski definition) is 6. The Bertz CT molecular complexity index is 1870. The minimum Gasteiger partial charge on any atom is -0.491 e. The molecule has 0 saturated carbocycles. The van der Waals surface area contributed by atoms with Crippen molar-refractivity contribution in [2.75, 3.05) is 13.7 Å². The summed E-state index contributed by atoms with van der Waals surface area (Å²) in [4.78, 5) is 0. The zero-order valence-corrected chi connectivity index (χ0v) is 29.6. The fourth-order valence-electron chi connectivity index (χ4n) is 6.30. The summed E-state index contributed by atoms with van der Waals surface area (Å²) in [5, 5.41) is 0.511. The number of benzene rings is 5. The van der Waals surface area contributed by atoms with Crippen molar-refractivity contribution in [3.05, 3.63) is 184 Å². The highest BCUT2D eigenvalue weighted by molar-refractivity contribution is 6.31. The zero-order chi connectivity index (χ0) is 35.6. The summed E-state index contributed by atoms with van der Waals surface area (Å²) in [6.45, 7) is 7.35. The zero-order valence-electron chi connectivity index (χ0n) is 28.8. The maximum absolute atomic E-state index is 14.8. The Morgan fingerprint density at radius 1 is 0.725 bits per heavy atom. The smallest absolute Gasteiger partial charge is 0.265 e. The average molecular weight is 709 g/mol. The molecule has 264 valence electrons. The van der Waals surface area contributed by atoms with Gasteiger partial charge in [0.05, 0.1) is 26.4 Å². The van der Waals surface area contributed by atoms with E-state index in [-0.39, 0.29) is 19.0 Å². The topological polar surface area (TPSA) is 55.4 Å². The fraction of sp³-hybridized carbons (Fsp3) is 0.256. The Labute approximate surface area is 304 Å². The van der Waals surface area contributed by atoms with Crippen molar-refractivity contribution < 1.29 is 32.8 Å². The van der Waals surface area contributed by atoms with E-state index >= 15 is 0 Å². The third-order valence-corrected chi connectivity index (χ3v) is 9.21. The molecule has 8 heteroatoms. The van der Waals surface area contributed by atoms with E-state index in [1.807, 2.05) is 116 Å². The lowest BCUT2D eigenvalue weighted by atomic mass is 9.87. The monoisotopic (exact) mass is 708 g/mol. The quantitative estimate of drug-likeness (QED) is 0.108. The molecule has 6 rings (SSSR count). The van der Waals surface area contributed by atoms with Crippen LogP contribution in [0, 0.1) is 5.82 Å². The van der Waals surface area contributed by atoms with Crippen molar-refractivity contribution >= 4 is 11.6 Å². The van der Waals surface area contributed by atoms with Crippen molar-refractivity contribution in [1.29, 1.82) is 0 Å². The van der Waals surface area contributed by atoms with Crippen LogP contribution in [0.15, 0.2) is 140 Å². The van der Waals surface area contributed by atoms with E-state index < -0.39 is 29.9 Å². The fourth-order valence-corrected chi connectivity index (χ4v) is 6.48. The van der Waals surface area contributed by atoms with Crippen LogP contribution < -0.4 is 4.74 Å². The van der Waals surface area contributed by atoms with Gasteiger partial charge < -0.3 is 28.4 Å². The second-order valence-electron chi connectivity index (χ2n) is 12.3. The molecule has 0 amide bonds. The number of hydrogen-bond donors (Lipinski definition) is 0. The first-order valence-electron chi connectivity index (χ1n) is 17.0. The van der Waals surface area contributed by atoms with E-state index in [9.17, 15) is 4.39 Å². The van der Waals surface area contributed by atoms with Gasteiger partial charge in [-0.3, -0.25) is 0 Å². The second-order valence-corrected chi connectivity index (χ2v) is 12.7. The van der Waals surface area contributed by atoms with Crippen molar-refractivity contribution in [2.45, 2.75) is 57.3 Å². The molecular formula is C43H42ClFO6. The largest absolute Gasteiger partial charge is 0.491 e. The number of rotatable bonds is 15. The van der Waals surface area contributed by atoms with Gasteiger partial charge in [0.2, 0.25) is 0 Å². The van der Waals surface area contributed by atoms with Gasteiger partial charge in [-0.15, -0.1) is 0 Å². The molecule has 5 aromatic carbocycles. The van der Waals surface area contributed by atoms with Gasteiger partial charge in [0.15, 0.2) is 17.7 Å². The lowest BCUT2D eigenvalue weighted by Crippen LogP contribution is -2.61. The normalized spacial score (nSPS) is 20.2. The standard InChI is InChI=1S/C43H42ClFO6/c1-4-47-39-23-20-34(25-38(39)45)24-35-26-36(21-22-37(35)44)43(46-3)42(50-29-33-18-12-7-13-19-33)41(49-28-32-16-10-6-11-17-32)40(30(2)51-43)48-27-31-14-8-5-9-15-31/h5-23,25-26,40-42H,2,4,24,27-29H2,1,3H3/t40-,41+,42-,43+/m1/s1. The molecule has 4 atom stereocenters. The predicted molar refractivity (Wildman–Crippen MR) is 196 cm³/mol. The van der Waals surface area contributed by atoms with Gasteiger partial charge in [0, 0.05) is 17.7 Å². The van der Waals surface area contributed by atoms with Crippen LogP contribution in [0.25, 0.3) is 0 Å². The molecule has 0 aliphatic carbocycles. The van der Waals surface area contributed by atoms with E-state index in [0.717, 1.165) is 27.8 Å². The van der Waals surface area contributed by atoms with Gasteiger partial charge >= 0.3 is 0 Å². The van der Waals surface area contributed by atoms with Crippen molar-refractivity contribution in [2.24, 2.45) is 0 Å². The van der Waals surface area contributed by atoms with Gasteiger partial charge in [-0.1, -0.05) is 121 Å². The lowest BCUT2D eigenvalue weighted by Gasteiger charge is -2.49. The van der Waals surface area contributed by atoms with E-state index in [4.69, 9.17) is 40.0 Å². The summed E-state index contributed by atoms with van der Waals surface area (Å²) < 4.78 is 53.5. The maximum Gasteiger partial charge on any atom is 0.265 e. The van der Waals surface area contributed by atoms with Crippen LogP contribution in [-0.4, -0.2) is 32.0 Å². The van der Waals surface area contributed by atoms with Gasteiger partial charge in [-0.2, -0.15) is 0 Å². The molecule has 0 unspecified atom stereocenters. The molecule has 1 heterocycles. The molecule has 1 aliphatic heterocycles. The minimum atomic E-state index is -1.52. The molecule has 0 spiro atoms. The van der Waals surface area contributed by atoms with Gasteiger partial charge in [-0.05, 0) is 65.4 Å².